The summed E-state index contributed by atoms with van der Waals surface area (Å²) in [5, 5.41) is 5.60. The number of nitrogens with zero attached hydrogens (tertiary/aromatic N) is 3. The molecule has 0 spiro atoms. The van der Waals surface area contributed by atoms with Crippen LogP contribution in [0.3, 0.4) is 0 Å². The molecule has 1 unspecified atom stereocenters. The summed E-state index contributed by atoms with van der Waals surface area (Å²) in [6.45, 7) is 3.57. The molecule has 1 aromatic carbocycles. The van der Waals surface area contributed by atoms with Crippen molar-refractivity contribution in [2.75, 3.05) is 24.6 Å². The fourth-order valence-electron chi connectivity index (χ4n) is 4.31. The monoisotopic (exact) mass is 488 g/mol. The molecule has 1 aromatic heterocycles. The Morgan fingerprint density at radius 3 is 2.84 bits per heavy atom. The van der Waals surface area contributed by atoms with Crippen LogP contribution in [0.25, 0.3) is 0 Å². The van der Waals surface area contributed by atoms with Gasteiger partial charge in [-0.05, 0) is 24.1 Å². The van der Waals surface area contributed by atoms with Crippen molar-refractivity contribution in [3.8, 4) is 0 Å². The molecule has 32 heavy (non-hydrogen) atoms. The molecule has 2 fully saturated rings. The van der Waals surface area contributed by atoms with Crippen LogP contribution >= 0.6 is 34.9 Å². The summed E-state index contributed by atoms with van der Waals surface area (Å²) in [6.07, 6.45) is 0.644. The Morgan fingerprint density at radius 1 is 1.19 bits per heavy atom. The second-order valence-electron chi connectivity index (χ2n) is 8.09. The van der Waals surface area contributed by atoms with E-state index >= 15 is 0 Å². The summed E-state index contributed by atoms with van der Waals surface area (Å²) in [6, 6.07) is 5.17. The molecule has 0 bridgehead atoms. The fraction of sp³-hybridized carbons (Fsp3) is 0.455. The molecular weight excluding hydrogens is 464 g/mol. The van der Waals surface area contributed by atoms with Gasteiger partial charge in [0.05, 0.1) is 11.4 Å². The van der Waals surface area contributed by atoms with E-state index in [1.807, 2.05) is 30.0 Å². The van der Waals surface area contributed by atoms with Gasteiger partial charge in [0.1, 0.15) is 11.0 Å². The van der Waals surface area contributed by atoms with Crippen LogP contribution in [0.4, 0.5) is 0 Å². The average Bonchev–Trinajstić information content (AvgIpc) is 3.38. The Bertz CT molecular complexity index is 1050. The summed E-state index contributed by atoms with van der Waals surface area (Å²) in [5.74, 6) is 2.37. The molecule has 5 rings (SSSR count). The van der Waals surface area contributed by atoms with Crippen LogP contribution in [0.1, 0.15) is 39.5 Å². The molecule has 3 aliphatic rings. The van der Waals surface area contributed by atoms with Gasteiger partial charge in [-0.25, -0.2) is 4.98 Å². The molecule has 0 aliphatic carbocycles. The van der Waals surface area contributed by atoms with Crippen molar-refractivity contribution < 1.29 is 14.4 Å². The van der Waals surface area contributed by atoms with Crippen molar-refractivity contribution in [2.24, 2.45) is 0 Å². The molecule has 0 saturated carbocycles. The molecule has 1 atom stereocenters. The minimum absolute atomic E-state index is 0.131. The lowest BCUT2D eigenvalue weighted by Crippen LogP contribution is -2.52. The van der Waals surface area contributed by atoms with E-state index in [9.17, 15) is 14.4 Å². The van der Waals surface area contributed by atoms with E-state index < -0.39 is 6.04 Å². The number of benzene rings is 1. The zero-order valence-corrected chi connectivity index (χ0v) is 20.0. The zero-order valence-electron chi connectivity index (χ0n) is 17.5. The number of fused-ring (bicyclic) bond motifs is 1. The fourth-order valence-corrected chi connectivity index (χ4v) is 7.17. The van der Waals surface area contributed by atoms with Crippen molar-refractivity contribution in [1.82, 2.24) is 20.1 Å². The van der Waals surface area contributed by atoms with Gasteiger partial charge in [-0.1, -0.05) is 6.07 Å². The third-order valence-electron chi connectivity index (χ3n) is 5.98. The number of piperidine rings is 1. The topological polar surface area (TPSA) is 82.6 Å². The minimum atomic E-state index is -0.583. The van der Waals surface area contributed by atoms with E-state index in [1.165, 1.54) is 11.5 Å². The van der Waals surface area contributed by atoms with Crippen molar-refractivity contribution in [1.29, 1.82) is 0 Å². The van der Waals surface area contributed by atoms with E-state index in [0.29, 0.717) is 18.5 Å². The number of hydrogen-bond donors (Lipinski definition) is 1. The number of carbonyl (C=O) groups excluding carboxylic acids is 3. The summed E-state index contributed by atoms with van der Waals surface area (Å²) in [4.78, 5) is 46.7. The van der Waals surface area contributed by atoms with E-state index in [1.54, 1.807) is 28.0 Å². The minimum Gasteiger partial charge on any atom is -0.322 e. The van der Waals surface area contributed by atoms with Gasteiger partial charge < -0.3 is 4.90 Å². The van der Waals surface area contributed by atoms with Crippen LogP contribution in [0.5, 0.6) is 0 Å². The average molecular weight is 489 g/mol. The highest BCUT2D eigenvalue weighted by atomic mass is 32.2. The molecule has 168 valence electrons. The number of hydrogen-bond acceptors (Lipinski definition) is 8. The maximum atomic E-state index is 13.0. The third-order valence-corrected chi connectivity index (χ3v) is 9.11. The molecule has 2 aromatic rings. The number of thioether (sulfide) groups is 2. The van der Waals surface area contributed by atoms with Crippen LogP contribution in [0.2, 0.25) is 0 Å². The summed E-state index contributed by atoms with van der Waals surface area (Å²) < 4.78 is 0. The number of thiazole rings is 1. The molecule has 2 saturated heterocycles. The van der Waals surface area contributed by atoms with Gasteiger partial charge in [0.15, 0.2) is 0 Å². The van der Waals surface area contributed by atoms with Crippen molar-refractivity contribution in [3.63, 3.8) is 0 Å². The van der Waals surface area contributed by atoms with Crippen LogP contribution in [-0.4, -0.2) is 63.1 Å². The first kappa shape index (κ1) is 21.9. The number of aromatic nitrogens is 1. The maximum Gasteiger partial charge on any atom is 0.255 e. The molecule has 4 heterocycles. The molecule has 10 heteroatoms. The number of amides is 3. The van der Waals surface area contributed by atoms with Crippen molar-refractivity contribution >= 4 is 52.6 Å². The first-order valence-electron chi connectivity index (χ1n) is 10.7. The second-order valence-corrected chi connectivity index (χ2v) is 11.3. The smallest absolute Gasteiger partial charge is 0.255 e. The molecule has 3 amide bonds. The Hall–Kier alpha value is -1.88. The lowest BCUT2D eigenvalue weighted by Gasteiger charge is -2.29. The predicted molar refractivity (Wildman–Crippen MR) is 127 cm³/mol. The highest BCUT2D eigenvalue weighted by Gasteiger charge is 2.39. The number of imide groups is 1. The van der Waals surface area contributed by atoms with E-state index in [0.717, 1.165) is 46.5 Å². The van der Waals surface area contributed by atoms with Crippen LogP contribution in [-0.2, 0) is 28.4 Å². The quantitative estimate of drug-likeness (QED) is 0.495. The molecule has 0 radical (unpaired) electrons. The normalized spacial score (nSPS) is 21.7. The van der Waals surface area contributed by atoms with Crippen LogP contribution in [0, 0.1) is 0 Å². The van der Waals surface area contributed by atoms with Gasteiger partial charge >= 0.3 is 0 Å². The van der Waals surface area contributed by atoms with Crippen LogP contribution < -0.4 is 5.32 Å². The third kappa shape index (κ3) is 4.59. The van der Waals surface area contributed by atoms with Crippen molar-refractivity contribution in [3.05, 3.63) is 45.4 Å². The molecule has 3 aliphatic heterocycles. The number of nitrogens with one attached hydrogen (secondary N) is 1. The number of rotatable bonds is 6. The summed E-state index contributed by atoms with van der Waals surface area (Å²) in [5.41, 5.74) is 2.76. The predicted octanol–water partition coefficient (Wildman–Crippen LogP) is 2.75. The van der Waals surface area contributed by atoms with Crippen molar-refractivity contribution in [2.45, 2.75) is 42.6 Å². The van der Waals surface area contributed by atoms with Crippen LogP contribution in [0.15, 0.2) is 28.5 Å². The first-order chi connectivity index (χ1) is 15.6. The van der Waals surface area contributed by atoms with Gasteiger partial charge in [-0.2, -0.15) is 11.8 Å². The SMILES string of the molecule is O=C1CCC(N2Cc3c(SCc4nc(CN5CCSCC5)cs4)cccc3C2=O)C(=O)N1. The molecule has 1 N–H and O–H groups in total. The zero-order chi connectivity index (χ0) is 22.1. The second kappa shape index (κ2) is 9.54. The Kier molecular flexibility index (Phi) is 6.54. The van der Waals surface area contributed by atoms with E-state index in [4.69, 9.17) is 4.98 Å². The van der Waals surface area contributed by atoms with E-state index in [2.05, 4.69) is 15.6 Å². The standard InChI is InChI=1S/C22H24N4O3S3/c27-19-5-4-17(21(28)24-19)26-11-16-15(22(26)29)2-1-3-18(16)31-13-20-23-14(12-32-20)10-25-6-8-30-9-7-25/h1-3,12,17H,4-11,13H2,(H,24,27,28). The first-order valence-corrected chi connectivity index (χ1v) is 13.7. The summed E-state index contributed by atoms with van der Waals surface area (Å²) in [7, 11) is 0. The van der Waals surface area contributed by atoms with Gasteiger partial charge in [0.2, 0.25) is 11.8 Å². The molecule has 7 nitrogen and oxygen atoms in total. The van der Waals surface area contributed by atoms with Gasteiger partial charge in [0.25, 0.3) is 5.91 Å². The Labute approximate surface area is 199 Å². The lowest BCUT2D eigenvalue weighted by molar-refractivity contribution is -0.136. The van der Waals surface area contributed by atoms with Gasteiger partial charge in [-0.3, -0.25) is 24.6 Å². The Morgan fingerprint density at radius 2 is 2.03 bits per heavy atom. The highest BCUT2D eigenvalue weighted by molar-refractivity contribution is 7.99. The lowest BCUT2D eigenvalue weighted by atomic mass is 10.0. The van der Waals surface area contributed by atoms with Gasteiger partial charge in [0, 0.05) is 59.9 Å². The highest BCUT2D eigenvalue weighted by Crippen LogP contribution is 2.36. The summed E-state index contributed by atoms with van der Waals surface area (Å²) >= 11 is 5.39. The Balaban J connectivity index is 1.24. The largest absolute Gasteiger partial charge is 0.322 e. The molecular formula is C22H24N4O3S3. The van der Waals surface area contributed by atoms with E-state index in [-0.39, 0.29) is 24.1 Å². The maximum absolute atomic E-state index is 13.0. The number of carbonyl (C=O) groups is 3. The van der Waals surface area contributed by atoms with Gasteiger partial charge in [-0.15, -0.1) is 23.1 Å².